The molecule has 0 aromatic carbocycles. The molecule has 2 rings (SSSR count). The number of carbonyl (C=O) groups is 5. The van der Waals surface area contributed by atoms with Crippen molar-refractivity contribution < 1.29 is 28.7 Å². The fourth-order valence-corrected chi connectivity index (χ4v) is 4.44. The predicted molar refractivity (Wildman–Crippen MR) is 121 cm³/mol. The predicted octanol–water partition coefficient (Wildman–Crippen LogP) is 0.538. The lowest BCUT2D eigenvalue weighted by Gasteiger charge is -2.31. The Morgan fingerprint density at radius 1 is 1.15 bits per heavy atom. The van der Waals surface area contributed by atoms with Crippen LogP contribution in [0.15, 0.2) is 0 Å². The summed E-state index contributed by atoms with van der Waals surface area (Å²) in [7, 11) is 1.57. The summed E-state index contributed by atoms with van der Waals surface area (Å²) < 4.78 is 5.46. The molecule has 10 heteroatoms. The highest BCUT2D eigenvalue weighted by atomic mass is 16.5. The summed E-state index contributed by atoms with van der Waals surface area (Å²) in [6, 6.07) is -1.96. The van der Waals surface area contributed by atoms with Gasteiger partial charge in [0.15, 0.2) is 0 Å². The second-order valence-electron chi connectivity index (χ2n) is 9.64. The topological polar surface area (TPSA) is 116 Å². The molecule has 4 amide bonds. The average Bonchev–Trinajstić information content (AvgIpc) is 3.37. The van der Waals surface area contributed by atoms with E-state index in [1.54, 1.807) is 20.9 Å². The highest BCUT2D eigenvalue weighted by molar-refractivity contribution is 5.92. The molecule has 1 N–H and O–H groups in total. The van der Waals surface area contributed by atoms with Crippen molar-refractivity contribution in [1.82, 2.24) is 20.0 Å². The lowest BCUT2D eigenvalue weighted by atomic mass is 10.1. The van der Waals surface area contributed by atoms with E-state index in [2.05, 4.69) is 5.32 Å². The molecule has 0 aromatic rings. The summed E-state index contributed by atoms with van der Waals surface area (Å²) >= 11 is 0. The van der Waals surface area contributed by atoms with Gasteiger partial charge in [-0.1, -0.05) is 6.92 Å². The molecule has 2 aliphatic rings. The Bertz CT molecular complexity index is 757. The minimum atomic E-state index is -0.681. The molecule has 5 atom stereocenters. The number of rotatable bonds is 9. The molecule has 2 aliphatic heterocycles. The molecule has 2 heterocycles. The minimum Gasteiger partial charge on any atom is -0.461 e. The van der Waals surface area contributed by atoms with Gasteiger partial charge in [0, 0.05) is 26.2 Å². The molecule has 0 saturated carbocycles. The van der Waals surface area contributed by atoms with Crippen LogP contribution in [0.3, 0.4) is 0 Å². The third-order valence-corrected chi connectivity index (χ3v) is 6.33. The SMILES string of the molecule is CC1CC(C(=O)OC(C)CC(=O)N2CCCC2C(=O)N(C)C(C)C(=O)NC(C)C)N(C=O)C1. The third-order valence-electron chi connectivity index (χ3n) is 6.33. The van der Waals surface area contributed by atoms with Crippen LogP contribution in [-0.2, 0) is 28.7 Å². The van der Waals surface area contributed by atoms with Gasteiger partial charge >= 0.3 is 5.97 Å². The van der Waals surface area contributed by atoms with E-state index < -0.39 is 30.2 Å². The van der Waals surface area contributed by atoms with Gasteiger partial charge in [0.2, 0.25) is 24.1 Å². The van der Waals surface area contributed by atoms with Crippen molar-refractivity contribution >= 4 is 30.1 Å². The number of amides is 4. The van der Waals surface area contributed by atoms with Crippen molar-refractivity contribution in [2.45, 2.75) is 90.6 Å². The van der Waals surface area contributed by atoms with Crippen LogP contribution in [0, 0.1) is 5.92 Å². The number of nitrogens with one attached hydrogen (secondary N) is 1. The van der Waals surface area contributed by atoms with Crippen molar-refractivity contribution in [3.05, 3.63) is 0 Å². The fourth-order valence-electron chi connectivity index (χ4n) is 4.44. The van der Waals surface area contributed by atoms with Gasteiger partial charge in [-0.05, 0) is 52.9 Å². The first kappa shape index (κ1) is 26.6. The largest absolute Gasteiger partial charge is 0.461 e. The first-order valence-electron chi connectivity index (χ1n) is 11.7. The van der Waals surface area contributed by atoms with Crippen molar-refractivity contribution in [3.8, 4) is 0 Å². The van der Waals surface area contributed by atoms with Gasteiger partial charge in [-0.15, -0.1) is 0 Å². The normalized spacial score (nSPS) is 24.4. The summed E-state index contributed by atoms with van der Waals surface area (Å²) in [4.78, 5) is 66.3. The van der Waals surface area contributed by atoms with Crippen LogP contribution < -0.4 is 5.32 Å². The molecule has 2 fully saturated rings. The maximum atomic E-state index is 13.1. The molecule has 0 spiro atoms. The highest BCUT2D eigenvalue weighted by Crippen LogP contribution is 2.24. The lowest BCUT2D eigenvalue weighted by molar-refractivity contribution is -0.157. The van der Waals surface area contributed by atoms with Crippen molar-refractivity contribution in [2.75, 3.05) is 20.1 Å². The van der Waals surface area contributed by atoms with Gasteiger partial charge in [0.05, 0.1) is 6.42 Å². The van der Waals surface area contributed by atoms with Gasteiger partial charge in [-0.3, -0.25) is 19.2 Å². The average molecular weight is 467 g/mol. The van der Waals surface area contributed by atoms with Gasteiger partial charge in [0.25, 0.3) is 0 Å². The number of esters is 1. The van der Waals surface area contributed by atoms with E-state index in [1.807, 2.05) is 20.8 Å². The van der Waals surface area contributed by atoms with Crippen LogP contribution >= 0.6 is 0 Å². The van der Waals surface area contributed by atoms with Crippen LogP contribution in [0.2, 0.25) is 0 Å². The van der Waals surface area contributed by atoms with Crippen molar-refractivity contribution in [1.29, 1.82) is 0 Å². The molecule has 2 saturated heterocycles. The van der Waals surface area contributed by atoms with E-state index in [-0.39, 0.29) is 36.1 Å². The van der Waals surface area contributed by atoms with Crippen molar-refractivity contribution in [2.24, 2.45) is 5.92 Å². The quantitative estimate of drug-likeness (QED) is 0.392. The molecular weight excluding hydrogens is 428 g/mol. The molecule has 0 aliphatic carbocycles. The Hall–Kier alpha value is -2.65. The Labute approximate surface area is 196 Å². The van der Waals surface area contributed by atoms with Crippen LogP contribution in [0.25, 0.3) is 0 Å². The summed E-state index contributed by atoms with van der Waals surface area (Å²) in [6.07, 6.45) is 1.67. The zero-order valence-corrected chi connectivity index (χ0v) is 20.6. The van der Waals surface area contributed by atoms with Crippen LogP contribution in [0.4, 0.5) is 0 Å². The molecule has 5 unspecified atom stereocenters. The summed E-state index contributed by atoms with van der Waals surface area (Å²) in [6.45, 7) is 9.90. The number of likely N-dealkylation sites (N-methyl/N-ethyl adjacent to an activating group) is 1. The Balaban J connectivity index is 1.94. The Morgan fingerprint density at radius 3 is 2.42 bits per heavy atom. The molecule has 0 bridgehead atoms. The van der Waals surface area contributed by atoms with Crippen LogP contribution in [0.1, 0.15) is 60.3 Å². The molecule has 0 aromatic heterocycles. The van der Waals surface area contributed by atoms with Gasteiger partial charge in [-0.2, -0.15) is 0 Å². The molecule has 0 radical (unpaired) electrons. The van der Waals surface area contributed by atoms with E-state index in [4.69, 9.17) is 4.74 Å². The number of hydrogen-bond acceptors (Lipinski definition) is 6. The van der Waals surface area contributed by atoms with E-state index in [1.165, 1.54) is 14.7 Å². The highest BCUT2D eigenvalue weighted by Gasteiger charge is 2.39. The van der Waals surface area contributed by atoms with Crippen molar-refractivity contribution in [3.63, 3.8) is 0 Å². The lowest BCUT2D eigenvalue weighted by Crippen LogP contribution is -2.53. The Kier molecular flexibility index (Phi) is 9.25. The zero-order chi connectivity index (χ0) is 24.9. The summed E-state index contributed by atoms with van der Waals surface area (Å²) in [5.41, 5.74) is 0. The molecule has 10 nitrogen and oxygen atoms in total. The van der Waals surface area contributed by atoms with Gasteiger partial charge < -0.3 is 24.8 Å². The minimum absolute atomic E-state index is 0.0386. The van der Waals surface area contributed by atoms with Gasteiger partial charge in [-0.25, -0.2) is 4.79 Å². The van der Waals surface area contributed by atoms with Gasteiger partial charge in [0.1, 0.15) is 24.2 Å². The standard InChI is InChI=1S/C23H38N4O6/c1-14(2)24-21(30)17(5)25(6)22(31)18-8-7-9-27(18)20(29)11-16(4)33-23(32)19-10-15(3)12-26(19)13-28/h13-19H,7-12H2,1-6H3,(H,24,30). The Morgan fingerprint density at radius 2 is 1.82 bits per heavy atom. The number of likely N-dealkylation sites (tertiary alicyclic amines) is 2. The smallest absolute Gasteiger partial charge is 0.329 e. The van der Waals surface area contributed by atoms with Crippen LogP contribution in [-0.4, -0.2) is 95.2 Å². The number of hydrogen-bond donors (Lipinski definition) is 1. The number of ether oxygens (including phenoxy) is 1. The summed E-state index contributed by atoms with van der Waals surface area (Å²) in [5.74, 6) is -1.10. The van der Waals surface area contributed by atoms with E-state index in [0.717, 1.165) is 0 Å². The maximum absolute atomic E-state index is 13.1. The van der Waals surface area contributed by atoms with E-state index in [0.29, 0.717) is 38.8 Å². The van der Waals surface area contributed by atoms with E-state index >= 15 is 0 Å². The monoisotopic (exact) mass is 466 g/mol. The first-order chi connectivity index (χ1) is 15.5. The molecular formula is C23H38N4O6. The first-order valence-corrected chi connectivity index (χ1v) is 11.7. The maximum Gasteiger partial charge on any atom is 0.329 e. The second kappa shape index (κ2) is 11.5. The summed E-state index contributed by atoms with van der Waals surface area (Å²) in [5, 5.41) is 2.79. The second-order valence-corrected chi connectivity index (χ2v) is 9.64. The molecule has 186 valence electrons. The third kappa shape index (κ3) is 6.68. The van der Waals surface area contributed by atoms with Crippen LogP contribution in [0.5, 0.6) is 0 Å². The molecule has 33 heavy (non-hydrogen) atoms. The number of nitrogens with zero attached hydrogens (tertiary/aromatic N) is 3. The zero-order valence-electron chi connectivity index (χ0n) is 20.6. The fraction of sp³-hybridized carbons (Fsp3) is 0.783. The van der Waals surface area contributed by atoms with E-state index in [9.17, 15) is 24.0 Å². The number of carbonyl (C=O) groups excluding carboxylic acids is 5.